The van der Waals surface area contributed by atoms with Crippen LogP contribution in [0.5, 0.6) is 0 Å². The molecular formula is C14H16ClNO3S. The lowest BCUT2D eigenvalue weighted by Crippen LogP contribution is -2.47. The number of carbonyl (C=O) groups excluding carboxylic acids is 1. The highest BCUT2D eigenvalue weighted by atomic mass is 35.5. The number of carbonyl (C=O) groups is 2. The topological polar surface area (TPSA) is 57.6 Å². The summed E-state index contributed by atoms with van der Waals surface area (Å²) < 4.78 is 0. The Kier molecular flexibility index (Phi) is 4.94. The molecule has 1 aliphatic heterocycles. The summed E-state index contributed by atoms with van der Waals surface area (Å²) in [6.45, 7) is 2.45. The van der Waals surface area contributed by atoms with E-state index < -0.39 is 5.97 Å². The lowest BCUT2D eigenvalue weighted by Gasteiger charge is -2.34. The first kappa shape index (κ1) is 15.2. The highest BCUT2D eigenvalue weighted by Gasteiger charge is 2.29. The van der Waals surface area contributed by atoms with Gasteiger partial charge < -0.3 is 10.0 Å². The second kappa shape index (κ2) is 6.50. The number of hydrogen-bond acceptors (Lipinski definition) is 3. The summed E-state index contributed by atoms with van der Waals surface area (Å²) in [5.41, 5.74) is 1.44. The lowest BCUT2D eigenvalue weighted by molar-refractivity contribution is -0.138. The fourth-order valence-corrected chi connectivity index (χ4v) is 3.67. The number of halogens is 1. The van der Waals surface area contributed by atoms with Crippen LogP contribution >= 0.6 is 23.4 Å². The number of rotatable bonds is 3. The Morgan fingerprint density at radius 3 is 2.85 bits per heavy atom. The molecule has 108 valence electrons. The molecule has 1 fully saturated rings. The maximum absolute atomic E-state index is 12.6. The van der Waals surface area contributed by atoms with Crippen LogP contribution in [0.4, 0.5) is 0 Å². The van der Waals surface area contributed by atoms with E-state index in [1.54, 1.807) is 34.9 Å². The van der Waals surface area contributed by atoms with E-state index in [-0.39, 0.29) is 18.4 Å². The zero-order valence-electron chi connectivity index (χ0n) is 11.1. The number of aliphatic carboxylic acids is 1. The van der Waals surface area contributed by atoms with Gasteiger partial charge in [0.25, 0.3) is 5.91 Å². The molecule has 1 saturated heterocycles. The van der Waals surface area contributed by atoms with Crippen molar-refractivity contribution >= 4 is 35.2 Å². The van der Waals surface area contributed by atoms with Gasteiger partial charge >= 0.3 is 5.97 Å². The normalized spacial score (nSPS) is 18.9. The minimum Gasteiger partial charge on any atom is -0.481 e. The number of benzene rings is 1. The van der Waals surface area contributed by atoms with Gasteiger partial charge in [0.15, 0.2) is 0 Å². The summed E-state index contributed by atoms with van der Waals surface area (Å²) in [6, 6.07) is 4.96. The number of nitrogens with zero attached hydrogens (tertiary/aromatic N) is 1. The Balaban J connectivity index is 2.22. The number of carboxylic acids is 1. The molecule has 0 aromatic heterocycles. The van der Waals surface area contributed by atoms with Gasteiger partial charge in [-0.05, 0) is 30.7 Å². The minimum atomic E-state index is -0.877. The molecule has 1 amide bonds. The molecule has 0 radical (unpaired) electrons. The standard InChI is InChI=1S/C14H16ClNO3S/c1-9-4-10(6-11(15)5-9)14(19)16-2-3-20-8-12(16)7-13(17)18/h4-6,12H,2-3,7-8H2,1H3,(H,17,18). The summed E-state index contributed by atoms with van der Waals surface area (Å²) in [6.07, 6.45) is -0.0156. The highest BCUT2D eigenvalue weighted by Crippen LogP contribution is 2.23. The molecule has 1 unspecified atom stereocenters. The second-order valence-corrected chi connectivity index (χ2v) is 6.43. The Bertz CT molecular complexity index is 515. The number of amides is 1. The van der Waals surface area contributed by atoms with Gasteiger partial charge in [0.2, 0.25) is 0 Å². The summed E-state index contributed by atoms with van der Waals surface area (Å²) in [5, 5.41) is 9.48. The smallest absolute Gasteiger partial charge is 0.305 e. The van der Waals surface area contributed by atoms with E-state index in [1.807, 2.05) is 6.92 Å². The maximum Gasteiger partial charge on any atom is 0.305 e. The zero-order chi connectivity index (χ0) is 14.7. The maximum atomic E-state index is 12.6. The van der Waals surface area contributed by atoms with Crippen LogP contribution in [-0.2, 0) is 4.79 Å². The van der Waals surface area contributed by atoms with E-state index in [1.165, 1.54) is 0 Å². The zero-order valence-corrected chi connectivity index (χ0v) is 12.7. The second-order valence-electron chi connectivity index (χ2n) is 4.84. The van der Waals surface area contributed by atoms with Crippen LogP contribution in [-0.4, -0.2) is 46.0 Å². The molecule has 0 bridgehead atoms. The van der Waals surface area contributed by atoms with Crippen molar-refractivity contribution in [2.45, 2.75) is 19.4 Å². The van der Waals surface area contributed by atoms with Crippen LogP contribution in [0.15, 0.2) is 18.2 Å². The third-order valence-corrected chi connectivity index (χ3v) is 4.50. The minimum absolute atomic E-state index is 0.0156. The van der Waals surface area contributed by atoms with Crippen molar-refractivity contribution in [2.24, 2.45) is 0 Å². The SMILES string of the molecule is Cc1cc(Cl)cc(C(=O)N2CCSCC2CC(=O)O)c1. The van der Waals surface area contributed by atoms with Crippen molar-refractivity contribution in [1.82, 2.24) is 4.90 Å². The molecule has 20 heavy (non-hydrogen) atoms. The fourth-order valence-electron chi connectivity index (χ4n) is 2.32. The lowest BCUT2D eigenvalue weighted by atomic mass is 10.1. The fraction of sp³-hybridized carbons (Fsp3) is 0.429. The van der Waals surface area contributed by atoms with Gasteiger partial charge in [-0.2, -0.15) is 11.8 Å². The van der Waals surface area contributed by atoms with E-state index in [4.69, 9.17) is 16.7 Å². The van der Waals surface area contributed by atoms with Crippen LogP contribution in [0.1, 0.15) is 22.3 Å². The van der Waals surface area contributed by atoms with E-state index in [0.29, 0.717) is 22.9 Å². The molecule has 1 aliphatic rings. The van der Waals surface area contributed by atoms with Gasteiger partial charge in [-0.1, -0.05) is 11.6 Å². The molecule has 1 atom stereocenters. The van der Waals surface area contributed by atoms with Crippen LogP contribution in [0.25, 0.3) is 0 Å². The van der Waals surface area contributed by atoms with Crippen molar-refractivity contribution in [3.8, 4) is 0 Å². The van der Waals surface area contributed by atoms with Gasteiger partial charge in [0.1, 0.15) is 0 Å². The van der Waals surface area contributed by atoms with Gasteiger partial charge in [-0.3, -0.25) is 9.59 Å². The molecule has 6 heteroatoms. The Morgan fingerprint density at radius 2 is 2.20 bits per heavy atom. The average Bonchev–Trinajstić information content (AvgIpc) is 2.36. The first-order chi connectivity index (χ1) is 9.47. The molecule has 0 aliphatic carbocycles. The predicted octanol–water partition coefficient (Wildman–Crippen LogP) is 2.68. The van der Waals surface area contributed by atoms with E-state index in [2.05, 4.69) is 0 Å². The van der Waals surface area contributed by atoms with Crippen molar-refractivity contribution in [2.75, 3.05) is 18.1 Å². The van der Waals surface area contributed by atoms with Crippen molar-refractivity contribution in [1.29, 1.82) is 0 Å². The van der Waals surface area contributed by atoms with E-state index >= 15 is 0 Å². The van der Waals surface area contributed by atoms with Crippen LogP contribution in [0.3, 0.4) is 0 Å². The third kappa shape index (κ3) is 3.67. The summed E-state index contributed by atoms with van der Waals surface area (Å²) in [4.78, 5) is 25.1. The van der Waals surface area contributed by atoms with E-state index in [0.717, 1.165) is 11.3 Å². The molecule has 4 nitrogen and oxygen atoms in total. The monoisotopic (exact) mass is 313 g/mol. The Labute approximate surface area is 127 Å². The van der Waals surface area contributed by atoms with Crippen LogP contribution in [0.2, 0.25) is 5.02 Å². The number of carboxylic acid groups (broad SMARTS) is 1. The molecular weight excluding hydrogens is 298 g/mol. The molecule has 1 heterocycles. The Morgan fingerprint density at radius 1 is 1.45 bits per heavy atom. The number of hydrogen-bond donors (Lipinski definition) is 1. The predicted molar refractivity (Wildman–Crippen MR) is 80.6 cm³/mol. The summed E-state index contributed by atoms with van der Waals surface area (Å²) in [7, 11) is 0. The first-order valence-electron chi connectivity index (χ1n) is 6.35. The largest absolute Gasteiger partial charge is 0.481 e. The molecule has 0 spiro atoms. The Hall–Kier alpha value is -1.20. The van der Waals surface area contributed by atoms with Crippen molar-refractivity contribution in [3.05, 3.63) is 34.3 Å². The highest BCUT2D eigenvalue weighted by molar-refractivity contribution is 7.99. The van der Waals surface area contributed by atoms with Gasteiger partial charge in [0.05, 0.1) is 12.5 Å². The number of thioether (sulfide) groups is 1. The summed E-state index contributed by atoms with van der Waals surface area (Å²) >= 11 is 7.67. The van der Waals surface area contributed by atoms with Gasteiger partial charge in [-0.15, -0.1) is 0 Å². The molecule has 1 aromatic rings. The molecule has 0 saturated carbocycles. The van der Waals surface area contributed by atoms with Crippen LogP contribution < -0.4 is 0 Å². The third-order valence-electron chi connectivity index (χ3n) is 3.19. The quantitative estimate of drug-likeness (QED) is 0.932. The molecule has 2 rings (SSSR count). The average molecular weight is 314 g/mol. The van der Waals surface area contributed by atoms with Gasteiger partial charge in [-0.25, -0.2) is 0 Å². The van der Waals surface area contributed by atoms with Gasteiger partial charge in [0, 0.05) is 28.6 Å². The van der Waals surface area contributed by atoms with Crippen LogP contribution in [0, 0.1) is 6.92 Å². The van der Waals surface area contributed by atoms with E-state index in [9.17, 15) is 9.59 Å². The number of aryl methyl sites for hydroxylation is 1. The summed E-state index contributed by atoms with van der Waals surface area (Å²) in [5.74, 6) is 0.485. The molecule has 1 N–H and O–H groups in total. The van der Waals surface area contributed by atoms with Crippen molar-refractivity contribution in [3.63, 3.8) is 0 Å². The molecule has 1 aromatic carbocycles. The first-order valence-corrected chi connectivity index (χ1v) is 7.88. The van der Waals surface area contributed by atoms with Crippen molar-refractivity contribution < 1.29 is 14.7 Å².